The molecule has 6 heteroatoms. The van der Waals surface area contributed by atoms with E-state index in [0.717, 1.165) is 49.7 Å². The first-order valence-corrected chi connectivity index (χ1v) is 8.46. The number of piperidine rings is 1. The standard InChI is InChI=1S/C15H22N4OS/c1-2-19-14(16-11-17-19)10-18-7-5-12(6-8-18)15(20)13-4-3-9-21-13/h3-4,9,11-12,15,20H,2,5-8,10H2,1H3/t15-/m0/s1. The van der Waals surface area contributed by atoms with Crippen LogP contribution in [-0.2, 0) is 13.1 Å². The van der Waals surface area contributed by atoms with Gasteiger partial charge in [0.15, 0.2) is 0 Å². The van der Waals surface area contributed by atoms with Crippen LogP contribution in [0.4, 0.5) is 0 Å². The number of aromatic nitrogens is 3. The van der Waals surface area contributed by atoms with E-state index in [9.17, 15) is 5.11 Å². The molecular formula is C15H22N4OS. The highest BCUT2D eigenvalue weighted by molar-refractivity contribution is 7.10. The molecule has 0 saturated carbocycles. The molecule has 0 aromatic carbocycles. The summed E-state index contributed by atoms with van der Waals surface area (Å²) in [7, 11) is 0. The van der Waals surface area contributed by atoms with Gasteiger partial charge in [-0.2, -0.15) is 5.10 Å². The highest BCUT2D eigenvalue weighted by Gasteiger charge is 2.27. The Morgan fingerprint density at radius 2 is 2.24 bits per heavy atom. The monoisotopic (exact) mass is 306 g/mol. The van der Waals surface area contributed by atoms with Crippen molar-refractivity contribution in [2.75, 3.05) is 13.1 Å². The van der Waals surface area contributed by atoms with E-state index in [1.807, 2.05) is 22.2 Å². The zero-order valence-electron chi connectivity index (χ0n) is 12.4. The summed E-state index contributed by atoms with van der Waals surface area (Å²) in [6.07, 6.45) is 3.41. The second-order valence-corrected chi connectivity index (χ2v) is 6.55. The Morgan fingerprint density at radius 1 is 1.43 bits per heavy atom. The number of hydrogen-bond acceptors (Lipinski definition) is 5. The van der Waals surface area contributed by atoms with E-state index in [2.05, 4.69) is 21.9 Å². The molecule has 3 heterocycles. The van der Waals surface area contributed by atoms with Crippen LogP contribution in [0.15, 0.2) is 23.8 Å². The average molecular weight is 306 g/mol. The van der Waals surface area contributed by atoms with Gasteiger partial charge in [0.05, 0.1) is 12.6 Å². The van der Waals surface area contributed by atoms with Crippen molar-refractivity contribution >= 4 is 11.3 Å². The Morgan fingerprint density at radius 3 is 2.90 bits per heavy atom. The van der Waals surface area contributed by atoms with Crippen molar-refractivity contribution in [3.8, 4) is 0 Å². The van der Waals surface area contributed by atoms with Crippen molar-refractivity contribution in [2.24, 2.45) is 5.92 Å². The minimum absolute atomic E-state index is 0.300. The van der Waals surface area contributed by atoms with E-state index in [0.29, 0.717) is 5.92 Å². The van der Waals surface area contributed by atoms with Crippen molar-refractivity contribution in [1.29, 1.82) is 0 Å². The molecule has 2 aromatic rings. The molecule has 0 radical (unpaired) electrons. The fourth-order valence-corrected chi connectivity index (χ4v) is 3.80. The van der Waals surface area contributed by atoms with Crippen LogP contribution in [-0.4, -0.2) is 37.9 Å². The number of rotatable bonds is 5. The summed E-state index contributed by atoms with van der Waals surface area (Å²) >= 11 is 1.65. The Kier molecular flexibility index (Phi) is 4.67. The summed E-state index contributed by atoms with van der Waals surface area (Å²) in [6, 6.07) is 4.04. The zero-order chi connectivity index (χ0) is 14.7. The highest BCUT2D eigenvalue weighted by Crippen LogP contribution is 2.33. The lowest BCUT2D eigenvalue weighted by molar-refractivity contribution is 0.0579. The number of aryl methyl sites for hydroxylation is 1. The van der Waals surface area contributed by atoms with Gasteiger partial charge in [0.25, 0.3) is 0 Å². The number of aliphatic hydroxyl groups excluding tert-OH is 1. The number of likely N-dealkylation sites (tertiary alicyclic amines) is 1. The van der Waals surface area contributed by atoms with E-state index in [1.54, 1.807) is 17.7 Å². The van der Waals surface area contributed by atoms with Gasteiger partial charge in [-0.3, -0.25) is 4.90 Å². The third kappa shape index (κ3) is 3.33. The van der Waals surface area contributed by atoms with Crippen molar-refractivity contribution in [3.63, 3.8) is 0 Å². The lowest BCUT2D eigenvalue weighted by Crippen LogP contribution is -2.35. The largest absolute Gasteiger partial charge is 0.387 e. The Balaban J connectivity index is 1.53. The maximum absolute atomic E-state index is 10.4. The van der Waals surface area contributed by atoms with Gasteiger partial charge in [-0.15, -0.1) is 11.3 Å². The van der Waals surface area contributed by atoms with Gasteiger partial charge < -0.3 is 5.11 Å². The number of aliphatic hydroxyl groups is 1. The minimum Gasteiger partial charge on any atom is -0.387 e. The highest BCUT2D eigenvalue weighted by atomic mass is 32.1. The molecule has 3 rings (SSSR count). The Labute approximate surface area is 129 Å². The molecule has 1 N–H and O–H groups in total. The summed E-state index contributed by atoms with van der Waals surface area (Å²) in [5, 5.41) is 16.7. The fraction of sp³-hybridized carbons (Fsp3) is 0.600. The van der Waals surface area contributed by atoms with Gasteiger partial charge >= 0.3 is 0 Å². The Bertz CT molecular complexity index is 546. The van der Waals surface area contributed by atoms with Crippen molar-refractivity contribution in [1.82, 2.24) is 19.7 Å². The number of nitrogens with zero attached hydrogens (tertiary/aromatic N) is 4. The molecule has 0 spiro atoms. The third-order valence-electron chi connectivity index (χ3n) is 4.27. The van der Waals surface area contributed by atoms with Crippen LogP contribution in [0.2, 0.25) is 0 Å². The molecule has 21 heavy (non-hydrogen) atoms. The van der Waals surface area contributed by atoms with Crippen LogP contribution in [0.3, 0.4) is 0 Å². The fourth-order valence-electron chi connectivity index (χ4n) is 2.99. The molecule has 0 unspecified atom stereocenters. The summed E-state index contributed by atoms with van der Waals surface area (Å²) in [4.78, 5) is 7.85. The molecule has 5 nitrogen and oxygen atoms in total. The molecule has 1 saturated heterocycles. The number of hydrogen-bond donors (Lipinski definition) is 1. The van der Waals surface area contributed by atoms with Gasteiger partial charge in [0.2, 0.25) is 0 Å². The van der Waals surface area contributed by atoms with E-state index >= 15 is 0 Å². The van der Waals surface area contributed by atoms with Crippen LogP contribution in [0.5, 0.6) is 0 Å². The van der Waals surface area contributed by atoms with E-state index in [-0.39, 0.29) is 6.10 Å². The SMILES string of the molecule is CCn1ncnc1CN1CCC([C@H](O)c2cccs2)CC1. The van der Waals surface area contributed by atoms with E-state index in [4.69, 9.17) is 0 Å². The van der Waals surface area contributed by atoms with Crippen molar-refractivity contribution < 1.29 is 5.11 Å². The maximum Gasteiger partial charge on any atom is 0.140 e. The van der Waals surface area contributed by atoms with Gasteiger partial charge in [0, 0.05) is 11.4 Å². The molecule has 114 valence electrons. The molecule has 0 amide bonds. The first kappa shape index (κ1) is 14.7. The molecule has 0 aliphatic carbocycles. The molecule has 1 atom stereocenters. The van der Waals surface area contributed by atoms with Crippen molar-refractivity contribution in [2.45, 2.75) is 39.0 Å². The maximum atomic E-state index is 10.4. The zero-order valence-corrected chi connectivity index (χ0v) is 13.2. The molecule has 1 aliphatic heterocycles. The van der Waals surface area contributed by atoms with Gasteiger partial charge in [-0.25, -0.2) is 9.67 Å². The van der Waals surface area contributed by atoms with Gasteiger partial charge in [-0.05, 0) is 50.2 Å². The quantitative estimate of drug-likeness (QED) is 0.921. The molecule has 1 fully saturated rings. The predicted molar refractivity (Wildman–Crippen MR) is 83.0 cm³/mol. The Hall–Kier alpha value is -1.24. The molecule has 0 bridgehead atoms. The topological polar surface area (TPSA) is 54.2 Å². The second-order valence-electron chi connectivity index (χ2n) is 5.57. The molecule has 1 aliphatic rings. The first-order valence-electron chi connectivity index (χ1n) is 7.58. The van der Waals surface area contributed by atoms with Crippen LogP contribution >= 0.6 is 11.3 Å². The summed E-state index contributed by atoms with van der Waals surface area (Å²) in [6.45, 7) is 5.84. The van der Waals surface area contributed by atoms with Crippen LogP contribution in [0, 0.1) is 5.92 Å². The minimum atomic E-state index is -0.300. The molecule has 2 aromatic heterocycles. The van der Waals surface area contributed by atoms with Crippen LogP contribution in [0.25, 0.3) is 0 Å². The smallest absolute Gasteiger partial charge is 0.140 e. The average Bonchev–Trinajstić information content (AvgIpc) is 3.18. The van der Waals surface area contributed by atoms with E-state index < -0.39 is 0 Å². The normalized spacial score (nSPS) is 19.0. The predicted octanol–water partition coefficient (Wildman–Crippen LogP) is 2.31. The number of thiophene rings is 1. The third-order valence-corrected chi connectivity index (χ3v) is 5.22. The summed E-state index contributed by atoms with van der Waals surface area (Å²) < 4.78 is 1.95. The van der Waals surface area contributed by atoms with Crippen LogP contribution in [0.1, 0.15) is 36.6 Å². The first-order chi connectivity index (χ1) is 10.3. The lowest BCUT2D eigenvalue weighted by Gasteiger charge is -2.33. The second kappa shape index (κ2) is 6.68. The van der Waals surface area contributed by atoms with Gasteiger partial charge in [-0.1, -0.05) is 6.07 Å². The van der Waals surface area contributed by atoms with Gasteiger partial charge in [0.1, 0.15) is 12.2 Å². The summed E-state index contributed by atoms with van der Waals surface area (Å²) in [5.74, 6) is 1.42. The van der Waals surface area contributed by atoms with Crippen LogP contribution < -0.4 is 0 Å². The summed E-state index contributed by atoms with van der Waals surface area (Å²) in [5.41, 5.74) is 0. The van der Waals surface area contributed by atoms with E-state index in [1.165, 1.54) is 0 Å². The van der Waals surface area contributed by atoms with Crippen molar-refractivity contribution in [3.05, 3.63) is 34.5 Å². The molecular weight excluding hydrogens is 284 g/mol. The lowest BCUT2D eigenvalue weighted by atomic mass is 9.90.